The minimum atomic E-state index is 0.723. The molecule has 98 valence electrons. The van der Waals surface area contributed by atoms with Crippen molar-refractivity contribution in [1.29, 1.82) is 0 Å². The minimum absolute atomic E-state index is 0.723. The monoisotopic (exact) mass is 284 g/mol. The van der Waals surface area contributed by atoms with Gasteiger partial charge in [-0.1, -0.05) is 11.6 Å². The Bertz CT molecular complexity index is 546. The number of hydrogen-bond donors (Lipinski definition) is 0. The molecule has 0 unspecified atom stereocenters. The van der Waals surface area contributed by atoms with Gasteiger partial charge in [-0.3, -0.25) is 9.58 Å². The standard InChI is InChI=1S/C12H17ClN4S/c1-8-10(12(13)17(4)15-8)5-16(3)6-11-9(2)14-7-18-11/h7H,5-6H2,1-4H3. The molecule has 4 nitrogen and oxygen atoms in total. The van der Waals surface area contributed by atoms with Crippen molar-refractivity contribution in [2.45, 2.75) is 26.9 Å². The molecule has 18 heavy (non-hydrogen) atoms. The van der Waals surface area contributed by atoms with Gasteiger partial charge in [0, 0.05) is 30.6 Å². The Morgan fingerprint density at radius 3 is 2.56 bits per heavy atom. The van der Waals surface area contributed by atoms with E-state index in [9.17, 15) is 0 Å². The van der Waals surface area contributed by atoms with Crippen molar-refractivity contribution in [1.82, 2.24) is 19.7 Å². The lowest BCUT2D eigenvalue weighted by Crippen LogP contribution is -2.17. The zero-order chi connectivity index (χ0) is 13.3. The smallest absolute Gasteiger partial charge is 0.131 e. The summed E-state index contributed by atoms with van der Waals surface area (Å²) in [7, 11) is 3.95. The van der Waals surface area contributed by atoms with Gasteiger partial charge in [0.05, 0.1) is 16.9 Å². The molecule has 0 aliphatic heterocycles. The molecule has 0 radical (unpaired) electrons. The third-order valence-electron chi connectivity index (χ3n) is 2.96. The van der Waals surface area contributed by atoms with Gasteiger partial charge in [0.25, 0.3) is 0 Å². The van der Waals surface area contributed by atoms with Crippen molar-refractivity contribution in [2.24, 2.45) is 7.05 Å². The molecule has 0 aliphatic rings. The van der Waals surface area contributed by atoms with Gasteiger partial charge < -0.3 is 0 Å². The first kappa shape index (κ1) is 13.5. The molecule has 0 saturated carbocycles. The summed E-state index contributed by atoms with van der Waals surface area (Å²) in [6.45, 7) is 5.73. The van der Waals surface area contributed by atoms with Gasteiger partial charge in [-0.25, -0.2) is 4.98 Å². The van der Waals surface area contributed by atoms with E-state index in [-0.39, 0.29) is 0 Å². The fraction of sp³-hybridized carbons (Fsp3) is 0.500. The van der Waals surface area contributed by atoms with Crippen LogP contribution in [-0.2, 0) is 20.1 Å². The highest BCUT2D eigenvalue weighted by atomic mass is 35.5. The normalized spacial score (nSPS) is 11.4. The van der Waals surface area contributed by atoms with E-state index in [1.54, 1.807) is 16.0 Å². The maximum atomic E-state index is 6.24. The van der Waals surface area contributed by atoms with Crippen molar-refractivity contribution in [3.8, 4) is 0 Å². The highest BCUT2D eigenvalue weighted by molar-refractivity contribution is 7.09. The Morgan fingerprint density at radius 1 is 1.33 bits per heavy atom. The third-order valence-corrected chi connectivity index (χ3v) is 4.35. The summed E-state index contributed by atoms with van der Waals surface area (Å²) >= 11 is 7.93. The van der Waals surface area contributed by atoms with Crippen LogP contribution in [0.1, 0.15) is 21.8 Å². The van der Waals surface area contributed by atoms with E-state index in [0.29, 0.717) is 0 Å². The largest absolute Gasteiger partial charge is 0.297 e. The number of aryl methyl sites for hydroxylation is 3. The maximum Gasteiger partial charge on any atom is 0.131 e. The molecule has 0 amide bonds. The molecule has 0 atom stereocenters. The van der Waals surface area contributed by atoms with Crippen molar-refractivity contribution in [3.63, 3.8) is 0 Å². The number of thiazole rings is 1. The number of hydrogen-bond acceptors (Lipinski definition) is 4. The molecular weight excluding hydrogens is 268 g/mol. The van der Waals surface area contributed by atoms with Crippen molar-refractivity contribution in [3.05, 3.63) is 32.5 Å². The predicted octanol–water partition coefficient (Wildman–Crippen LogP) is 2.78. The van der Waals surface area contributed by atoms with Crippen LogP contribution in [0.25, 0.3) is 0 Å². The Morgan fingerprint density at radius 2 is 2.06 bits per heavy atom. The van der Waals surface area contributed by atoms with E-state index in [0.717, 1.165) is 35.2 Å². The highest BCUT2D eigenvalue weighted by Gasteiger charge is 2.14. The quantitative estimate of drug-likeness (QED) is 0.866. The zero-order valence-electron chi connectivity index (χ0n) is 11.1. The van der Waals surface area contributed by atoms with E-state index in [2.05, 4.69) is 22.0 Å². The second kappa shape index (κ2) is 5.38. The molecule has 2 aromatic rings. The summed E-state index contributed by atoms with van der Waals surface area (Å²) in [5.74, 6) is 0. The second-order valence-corrected chi connectivity index (χ2v) is 5.81. The van der Waals surface area contributed by atoms with Gasteiger partial charge in [-0.05, 0) is 20.9 Å². The fourth-order valence-corrected chi connectivity index (χ4v) is 2.99. The number of nitrogens with zero attached hydrogens (tertiary/aromatic N) is 4. The van der Waals surface area contributed by atoms with Crippen LogP contribution >= 0.6 is 22.9 Å². The molecule has 2 heterocycles. The van der Waals surface area contributed by atoms with E-state index < -0.39 is 0 Å². The molecule has 0 aromatic carbocycles. The highest BCUT2D eigenvalue weighted by Crippen LogP contribution is 2.22. The van der Waals surface area contributed by atoms with Gasteiger partial charge >= 0.3 is 0 Å². The van der Waals surface area contributed by atoms with Gasteiger partial charge in [0.2, 0.25) is 0 Å². The number of halogens is 1. The van der Waals surface area contributed by atoms with Gasteiger partial charge in [0.1, 0.15) is 5.15 Å². The lowest BCUT2D eigenvalue weighted by Gasteiger charge is -2.15. The molecule has 0 saturated heterocycles. The molecule has 2 aromatic heterocycles. The molecule has 0 N–H and O–H groups in total. The average molecular weight is 285 g/mol. The fourth-order valence-electron chi connectivity index (χ4n) is 1.90. The summed E-state index contributed by atoms with van der Waals surface area (Å²) in [6, 6.07) is 0. The third kappa shape index (κ3) is 2.74. The van der Waals surface area contributed by atoms with Crippen LogP contribution in [0.4, 0.5) is 0 Å². The minimum Gasteiger partial charge on any atom is -0.297 e. The SMILES string of the molecule is Cc1ncsc1CN(C)Cc1c(C)nn(C)c1Cl. The number of aromatic nitrogens is 3. The van der Waals surface area contributed by atoms with Gasteiger partial charge in [-0.15, -0.1) is 11.3 Å². The Hall–Kier alpha value is -0.910. The Balaban J connectivity index is 2.07. The number of rotatable bonds is 4. The zero-order valence-corrected chi connectivity index (χ0v) is 12.6. The van der Waals surface area contributed by atoms with E-state index in [1.165, 1.54) is 4.88 Å². The van der Waals surface area contributed by atoms with Crippen LogP contribution in [-0.4, -0.2) is 26.7 Å². The first-order valence-electron chi connectivity index (χ1n) is 5.74. The summed E-state index contributed by atoms with van der Waals surface area (Å²) in [4.78, 5) is 7.80. The molecular formula is C12H17ClN4S. The lowest BCUT2D eigenvalue weighted by atomic mass is 10.2. The van der Waals surface area contributed by atoms with Crippen LogP contribution in [0, 0.1) is 13.8 Å². The second-order valence-electron chi connectivity index (χ2n) is 4.51. The topological polar surface area (TPSA) is 34.0 Å². The van der Waals surface area contributed by atoms with Crippen LogP contribution in [0.3, 0.4) is 0 Å². The van der Waals surface area contributed by atoms with E-state index in [1.807, 2.05) is 26.4 Å². The molecule has 0 aliphatic carbocycles. The van der Waals surface area contributed by atoms with Crippen molar-refractivity contribution in [2.75, 3.05) is 7.05 Å². The molecule has 0 spiro atoms. The average Bonchev–Trinajstić information content (AvgIpc) is 2.79. The lowest BCUT2D eigenvalue weighted by molar-refractivity contribution is 0.320. The van der Waals surface area contributed by atoms with Gasteiger partial charge in [-0.2, -0.15) is 5.10 Å². The van der Waals surface area contributed by atoms with Gasteiger partial charge in [0.15, 0.2) is 0 Å². The van der Waals surface area contributed by atoms with Crippen molar-refractivity contribution >= 4 is 22.9 Å². The van der Waals surface area contributed by atoms with Crippen LogP contribution < -0.4 is 0 Å². The molecule has 6 heteroatoms. The van der Waals surface area contributed by atoms with Crippen LogP contribution in [0.15, 0.2) is 5.51 Å². The summed E-state index contributed by atoms with van der Waals surface area (Å²) in [6.07, 6.45) is 0. The van der Waals surface area contributed by atoms with E-state index >= 15 is 0 Å². The first-order chi connectivity index (χ1) is 8.49. The molecule has 0 fully saturated rings. The van der Waals surface area contributed by atoms with Crippen molar-refractivity contribution < 1.29 is 0 Å². The Kier molecular flexibility index (Phi) is 4.04. The summed E-state index contributed by atoms with van der Waals surface area (Å²) < 4.78 is 1.72. The predicted molar refractivity (Wildman–Crippen MR) is 75.0 cm³/mol. The Labute approximate surface area is 116 Å². The van der Waals surface area contributed by atoms with E-state index in [4.69, 9.17) is 11.6 Å². The molecule has 0 bridgehead atoms. The van der Waals surface area contributed by atoms with Crippen LogP contribution in [0.2, 0.25) is 5.15 Å². The summed E-state index contributed by atoms with van der Waals surface area (Å²) in [5.41, 5.74) is 5.10. The van der Waals surface area contributed by atoms with Crippen LogP contribution in [0.5, 0.6) is 0 Å². The summed E-state index contributed by atoms with van der Waals surface area (Å²) in [5, 5.41) is 5.05. The first-order valence-corrected chi connectivity index (χ1v) is 7.00. The maximum absolute atomic E-state index is 6.24. The molecule has 2 rings (SSSR count).